The van der Waals surface area contributed by atoms with E-state index < -0.39 is 0 Å². The molecule has 6 rings (SSSR count). The van der Waals surface area contributed by atoms with Crippen molar-refractivity contribution in [2.45, 2.75) is 32.2 Å². The first-order chi connectivity index (χ1) is 17.5. The van der Waals surface area contributed by atoms with Gasteiger partial charge in [-0.3, -0.25) is 4.68 Å². The van der Waals surface area contributed by atoms with Crippen LogP contribution in [0.25, 0.3) is 22.2 Å². The van der Waals surface area contributed by atoms with Gasteiger partial charge in [0, 0.05) is 54.3 Å². The van der Waals surface area contributed by atoms with Crippen molar-refractivity contribution >= 4 is 33.9 Å². The molecular formula is C27H28N8O. The van der Waals surface area contributed by atoms with Gasteiger partial charge in [0.1, 0.15) is 11.6 Å². The lowest BCUT2D eigenvalue weighted by Gasteiger charge is -2.30. The van der Waals surface area contributed by atoms with Gasteiger partial charge in [0.2, 0.25) is 0 Å². The Labute approximate surface area is 208 Å². The summed E-state index contributed by atoms with van der Waals surface area (Å²) in [6.45, 7) is 1.98. The minimum atomic E-state index is 0.252. The molecule has 0 saturated heterocycles. The number of hydrogen-bond acceptors (Lipinski definition) is 7. The highest BCUT2D eigenvalue weighted by Crippen LogP contribution is 2.45. The molecule has 0 atom stereocenters. The van der Waals surface area contributed by atoms with Crippen LogP contribution in [0.15, 0.2) is 60.9 Å². The number of nitrogens with two attached hydrogens (primary N) is 2. The maximum absolute atomic E-state index is 6.77. The first-order valence-corrected chi connectivity index (χ1v) is 12.0. The molecule has 0 bridgehead atoms. The molecule has 1 aliphatic rings. The Bertz CT molecular complexity index is 1560. The van der Waals surface area contributed by atoms with Gasteiger partial charge in [0.15, 0.2) is 5.82 Å². The third-order valence-corrected chi connectivity index (χ3v) is 6.79. The molecular weight excluding hydrogens is 452 g/mol. The number of aromatic nitrogens is 5. The molecule has 1 aliphatic carbocycles. The molecule has 0 aliphatic heterocycles. The fourth-order valence-electron chi connectivity index (χ4n) is 4.81. The first kappa shape index (κ1) is 22.0. The number of ether oxygens (including phenoxy) is 1. The number of nitrogen functional groups attached to an aromatic ring is 2. The third-order valence-electron chi connectivity index (χ3n) is 6.79. The molecule has 5 aromatic rings. The van der Waals surface area contributed by atoms with Gasteiger partial charge in [-0.05, 0) is 50.5 Å². The van der Waals surface area contributed by atoms with Crippen LogP contribution in [0.1, 0.15) is 31.0 Å². The van der Waals surface area contributed by atoms with Crippen LogP contribution >= 0.6 is 0 Å². The van der Waals surface area contributed by atoms with Crippen LogP contribution in [-0.4, -0.2) is 24.3 Å². The number of benzene rings is 2. The van der Waals surface area contributed by atoms with Crippen LogP contribution in [0.5, 0.6) is 11.6 Å². The summed E-state index contributed by atoms with van der Waals surface area (Å²) in [4.78, 5) is 8.26. The van der Waals surface area contributed by atoms with Crippen LogP contribution in [-0.2, 0) is 7.05 Å². The van der Waals surface area contributed by atoms with E-state index >= 15 is 0 Å². The number of rotatable bonds is 6. The predicted octanol–water partition coefficient (Wildman–Crippen LogP) is 5.57. The van der Waals surface area contributed by atoms with Crippen LogP contribution in [0.3, 0.4) is 0 Å². The van der Waals surface area contributed by atoms with E-state index in [9.17, 15) is 0 Å². The molecule has 1 saturated carbocycles. The fraction of sp³-hybridized carbons (Fsp3) is 0.222. The lowest BCUT2D eigenvalue weighted by Crippen LogP contribution is -2.17. The second-order valence-electron chi connectivity index (χ2n) is 9.24. The summed E-state index contributed by atoms with van der Waals surface area (Å²) in [6.07, 6.45) is 6.56. The summed E-state index contributed by atoms with van der Waals surface area (Å²) < 4.78 is 10.2. The Morgan fingerprint density at radius 2 is 1.78 bits per heavy atom. The second kappa shape index (κ2) is 8.60. The third kappa shape index (κ3) is 3.78. The number of nitrogens with zero attached hydrogens (tertiary/aromatic N) is 5. The van der Waals surface area contributed by atoms with E-state index in [1.165, 1.54) is 6.42 Å². The van der Waals surface area contributed by atoms with E-state index in [0.717, 1.165) is 57.9 Å². The zero-order chi connectivity index (χ0) is 24.8. The summed E-state index contributed by atoms with van der Waals surface area (Å²) >= 11 is 0. The highest BCUT2D eigenvalue weighted by molar-refractivity contribution is 6.01. The predicted molar refractivity (Wildman–Crippen MR) is 142 cm³/mol. The highest BCUT2D eigenvalue weighted by atomic mass is 16.5. The summed E-state index contributed by atoms with van der Waals surface area (Å²) in [6, 6.07) is 16.7. The summed E-state index contributed by atoms with van der Waals surface area (Å²) in [7, 11) is 1.93. The van der Waals surface area contributed by atoms with Crippen molar-refractivity contribution in [1.82, 2.24) is 24.3 Å². The SMILES string of the molecule is Cc1cc(Nc2ccc(-c3c(N)c4ccc(Oc5nccnc5N)cc4n3C3CCC3)cc2)n(C)n1. The standard InChI is InChI=1S/C27H28N8O/c1-16-14-23(34(2)33-16)32-18-8-6-17(7-9-18)25-24(28)21-11-10-20(36-27-26(29)30-12-13-31-27)15-22(21)35(25)19-4-3-5-19/h6-15,19,32H,3-5,28H2,1-2H3,(H2,29,30). The highest BCUT2D eigenvalue weighted by Gasteiger charge is 2.27. The van der Waals surface area contributed by atoms with Crippen molar-refractivity contribution in [3.63, 3.8) is 0 Å². The van der Waals surface area contributed by atoms with Gasteiger partial charge in [-0.2, -0.15) is 5.10 Å². The normalized spacial score (nSPS) is 13.6. The largest absolute Gasteiger partial charge is 0.436 e. The molecule has 9 heteroatoms. The van der Waals surface area contributed by atoms with E-state index in [4.69, 9.17) is 16.2 Å². The maximum Gasteiger partial charge on any atom is 0.262 e. The number of aryl methyl sites for hydroxylation is 2. The summed E-state index contributed by atoms with van der Waals surface area (Å²) in [5.74, 6) is 2.13. The van der Waals surface area contributed by atoms with E-state index in [1.807, 2.05) is 42.9 Å². The van der Waals surface area contributed by atoms with Crippen LogP contribution in [0.4, 0.5) is 23.0 Å². The van der Waals surface area contributed by atoms with E-state index in [1.54, 1.807) is 12.4 Å². The van der Waals surface area contributed by atoms with Crippen molar-refractivity contribution < 1.29 is 4.74 Å². The molecule has 9 nitrogen and oxygen atoms in total. The Morgan fingerprint density at radius 1 is 1.00 bits per heavy atom. The summed E-state index contributed by atoms with van der Waals surface area (Å²) in [5.41, 5.74) is 18.6. The smallest absolute Gasteiger partial charge is 0.262 e. The number of fused-ring (bicyclic) bond motifs is 1. The Balaban J connectivity index is 1.39. The lowest BCUT2D eigenvalue weighted by atomic mass is 9.92. The van der Waals surface area contributed by atoms with Crippen molar-refractivity contribution in [3.8, 4) is 22.9 Å². The fourth-order valence-corrected chi connectivity index (χ4v) is 4.81. The lowest BCUT2D eigenvalue weighted by molar-refractivity contribution is 0.324. The average Bonchev–Trinajstić information content (AvgIpc) is 3.30. The minimum Gasteiger partial charge on any atom is -0.436 e. The molecule has 3 heterocycles. The van der Waals surface area contributed by atoms with Gasteiger partial charge >= 0.3 is 0 Å². The zero-order valence-electron chi connectivity index (χ0n) is 20.3. The maximum atomic E-state index is 6.77. The van der Waals surface area contributed by atoms with Crippen molar-refractivity contribution in [3.05, 3.63) is 66.6 Å². The van der Waals surface area contributed by atoms with E-state index in [0.29, 0.717) is 17.7 Å². The van der Waals surface area contributed by atoms with Gasteiger partial charge in [-0.1, -0.05) is 12.1 Å². The number of hydrogen-bond donors (Lipinski definition) is 3. The Hall–Kier alpha value is -4.53. The summed E-state index contributed by atoms with van der Waals surface area (Å²) in [5, 5.41) is 8.84. The van der Waals surface area contributed by atoms with Gasteiger partial charge in [0.25, 0.3) is 5.88 Å². The molecule has 182 valence electrons. The van der Waals surface area contributed by atoms with Crippen molar-refractivity contribution in [1.29, 1.82) is 0 Å². The van der Waals surface area contributed by atoms with E-state index in [2.05, 4.69) is 49.2 Å². The van der Waals surface area contributed by atoms with Crippen molar-refractivity contribution in [2.75, 3.05) is 16.8 Å². The van der Waals surface area contributed by atoms with Gasteiger partial charge in [0.05, 0.1) is 22.6 Å². The molecule has 0 spiro atoms. The van der Waals surface area contributed by atoms with Crippen LogP contribution < -0.4 is 21.5 Å². The van der Waals surface area contributed by atoms with Gasteiger partial charge < -0.3 is 26.1 Å². The van der Waals surface area contributed by atoms with Gasteiger partial charge in [-0.15, -0.1) is 0 Å². The molecule has 0 amide bonds. The number of anilines is 4. The zero-order valence-corrected chi connectivity index (χ0v) is 20.3. The van der Waals surface area contributed by atoms with Gasteiger partial charge in [-0.25, -0.2) is 9.97 Å². The molecule has 5 N–H and O–H groups in total. The molecule has 0 unspecified atom stereocenters. The molecule has 1 fully saturated rings. The quantitative estimate of drug-likeness (QED) is 0.291. The molecule has 2 aromatic carbocycles. The molecule has 3 aromatic heterocycles. The van der Waals surface area contributed by atoms with Crippen molar-refractivity contribution in [2.24, 2.45) is 7.05 Å². The first-order valence-electron chi connectivity index (χ1n) is 12.0. The molecule has 36 heavy (non-hydrogen) atoms. The van der Waals surface area contributed by atoms with Crippen LogP contribution in [0.2, 0.25) is 0 Å². The minimum absolute atomic E-state index is 0.252. The number of nitrogens with one attached hydrogen (secondary N) is 1. The van der Waals surface area contributed by atoms with Crippen LogP contribution in [0, 0.1) is 6.92 Å². The second-order valence-corrected chi connectivity index (χ2v) is 9.24. The Morgan fingerprint density at radius 3 is 2.44 bits per heavy atom. The Kier molecular flexibility index (Phi) is 5.25. The average molecular weight is 481 g/mol. The molecule has 0 radical (unpaired) electrons. The monoisotopic (exact) mass is 480 g/mol. The van der Waals surface area contributed by atoms with E-state index in [-0.39, 0.29) is 5.82 Å². The topological polar surface area (TPSA) is 122 Å².